The Bertz CT molecular complexity index is 1140. The monoisotopic (exact) mass is 502 g/mol. The van der Waals surface area contributed by atoms with Crippen LogP contribution in [0.25, 0.3) is 10.4 Å². The van der Waals surface area contributed by atoms with E-state index >= 15 is 0 Å². The van der Waals surface area contributed by atoms with Crippen LogP contribution in [-0.2, 0) is 27.0 Å². The molecule has 1 radical (unpaired) electrons. The molecule has 5 atom stereocenters. The van der Waals surface area contributed by atoms with Crippen LogP contribution in [0.5, 0.6) is 0 Å². The van der Waals surface area contributed by atoms with E-state index in [0.29, 0.717) is 0 Å². The third kappa shape index (κ3) is 7.61. The van der Waals surface area contributed by atoms with Gasteiger partial charge in [0.15, 0.2) is 0 Å². The standard InChI is InChI=1S/C10H16BN5O12P3/c1-5-3-16(10(18)13-9(5)17)8-2-6(14-15-12)7(26-8)4-25-29(11,19)27-31(23,24)28-30(20,21)22/h3,6-8,19H,2,4H2,1H3,(H,23,24)(H,13,17,18)(H2,20,21,22)/t6-,7+,8+,29?/m0/s1. The van der Waals surface area contributed by atoms with Crippen LogP contribution in [0.2, 0.25) is 0 Å². The molecule has 2 rings (SSSR count). The Kier molecular flexibility index (Phi) is 8.04. The van der Waals surface area contributed by atoms with Gasteiger partial charge in [0, 0.05) is 0 Å². The second kappa shape index (κ2) is 9.63. The number of nitrogens with one attached hydrogen (secondary N) is 1. The molecule has 0 spiro atoms. The fourth-order valence-electron chi connectivity index (χ4n) is 2.52. The zero-order chi connectivity index (χ0) is 23.6. The zero-order valence-electron chi connectivity index (χ0n) is 15.5. The topological polar surface area (TPSA) is 256 Å². The van der Waals surface area contributed by atoms with E-state index in [-0.39, 0.29) is 12.0 Å². The number of aryl methyl sites for hydroxylation is 1. The van der Waals surface area contributed by atoms with Crippen molar-refractivity contribution in [2.24, 2.45) is 5.11 Å². The Morgan fingerprint density at radius 1 is 1.35 bits per heavy atom. The van der Waals surface area contributed by atoms with Gasteiger partial charge in [-0.1, -0.05) is 0 Å². The van der Waals surface area contributed by atoms with Gasteiger partial charge in [-0.05, 0) is 0 Å². The summed E-state index contributed by atoms with van der Waals surface area (Å²) in [6.45, 7) is 0.756. The molecule has 1 aliphatic rings. The Morgan fingerprint density at radius 3 is 2.58 bits per heavy atom. The van der Waals surface area contributed by atoms with Crippen LogP contribution in [-0.4, -0.2) is 55.1 Å². The first-order chi connectivity index (χ1) is 14.1. The molecular formula is C10H16BN5O12P3. The molecule has 1 saturated heterocycles. The SMILES string of the molecule is [B]=P(O)(OC[C@H]1O[C@@H](n2cc(C)c(=O)[nH]c2=O)C[C@@H]1N=[N+]=[N-])OP(=O)(O)OP(=O)(O)O. The molecule has 17 nitrogen and oxygen atoms in total. The third-order valence-electron chi connectivity index (χ3n) is 3.71. The first-order valence-corrected chi connectivity index (χ1v) is 12.7. The van der Waals surface area contributed by atoms with Crippen LogP contribution in [0.15, 0.2) is 20.9 Å². The summed E-state index contributed by atoms with van der Waals surface area (Å²) in [5.41, 5.74) is 7.51. The molecule has 21 heteroatoms. The van der Waals surface area contributed by atoms with E-state index in [1.54, 1.807) is 0 Å². The van der Waals surface area contributed by atoms with Crippen LogP contribution < -0.4 is 11.2 Å². The molecule has 0 amide bonds. The zero-order valence-corrected chi connectivity index (χ0v) is 18.2. The minimum atomic E-state index is -5.52. The minimum absolute atomic E-state index is 0.0500. The average molecular weight is 502 g/mol. The molecule has 0 bridgehead atoms. The van der Waals surface area contributed by atoms with E-state index in [1.165, 1.54) is 13.1 Å². The van der Waals surface area contributed by atoms with Crippen molar-refractivity contribution in [3.63, 3.8) is 0 Å². The van der Waals surface area contributed by atoms with Crippen LogP contribution in [0.1, 0.15) is 18.2 Å². The van der Waals surface area contributed by atoms with Gasteiger partial charge >= 0.3 is 173 Å². The van der Waals surface area contributed by atoms with Crippen molar-refractivity contribution in [2.75, 3.05) is 6.61 Å². The fourth-order valence-corrected chi connectivity index (χ4v) is 5.72. The van der Waals surface area contributed by atoms with E-state index in [2.05, 4.69) is 23.6 Å². The van der Waals surface area contributed by atoms with Crippen LogP contribution in [0.3, 0.4) is 0 Å². The molecule has 31 heavy (non-hydrogen) atoms. The predicted molar refractivity (Wildman–Crippen MR) is 102 cm³/mol. The number of rotatable bonds is 9. The fraction of sp³-hybridized carbons (Fsp3) is 0.600. The first-order valence-electron chi connectivity index (χ1n) is 8.00. The van der Waals surface area contributed by atoms with Crippen LogP contribution in [0, 0.1) is 6.92 Å². The third-order valence-corrected chi connectivity index (χ3v) is 7.67. The molecule has 0 aliphatic carbocycles. The Hall–Kier alpha value is -1.38. The quantitative estimate of drug-likeness (QED) is 0.0975. The maximum atomic E-state index is 12.0. The molecule has 1 aliphatic heterocycles. The summed E-state index contributed by atoms with van der Waals surface area (Å²) in [6, 6.07) is -0.957. The number of aromatic nitrogens is 2. The molecule has 5 N–H and O–H groups in total. The summed E-state index contributed by atoms with van der Waals surface area (Å²) < 4.78 is 41.1. The molecule has 2 heterocycles. The molecule has 1 aromatic heterocycles. The van der Waals surface area contributed by atoms with Crippen molar-refractivity contribution in [1.29, 1.82) is 0 Å². The summed E-state index contributed by atoms with van der Waals surface area (Å²) in [5.74, 6) is 0. The number of ether oxygens (including phenoxy) is 1. The van der Waals surface area contributed by atoms with Crippen molar-refractivity contribution in [2.45, 2.75) is 31.7 Å². The number of azide groups is 1. The summed E-state index contributed by atoms with van der Waals surface area (Å²) >= 11 is 0. The van der Waals surface area contributed by atoms with Crippen molar-refractivity contribution in [3.8, 4) is 0 Å². The second-order valence-electron chi connectivity index (χ2n) is 6.10. The molecule has 1 fully saturated rings. The van der Waals surface area contributed by atoms with Gasteiger partial charge in [0.05, 0.1) is 0 Å². The molecule has 2 unspecified atom stereocenters. The number of aromatic amines is 1. The van der Waals surface area contributed by atoms with Gasteiger partial charge < -0.3 is 0 Å². The van der Waals surface area contributed by atoms with E-state index in [4.69, 9.17) is 31.8 Å². The molecule has 1 aromatic rings. The average Bonchev–Trinajstić information content (AvgIpc) is 2.96. The van der Waals surface area contributed by atoms with Gasteiger partial charge in [-0.25, -0.2) is 0 Å². The number of nitrogens with zero attached hydrogens (tertiary/aromatic N) is 4. The van der Waals surface area contributed by atoms with E-state index in [0.717, 1.165) is 4.57 Å². The van der Waals surface area contributed by atoms with Crippen molar-refractivity contribution in [3.05, 3.63) is 43.0 Å². The van der Waals surface area contributed by atoms with Crippen molar-refractivity contribution >= 4 is 30.3 Å². The second-order valence-corrected chi connectivity index (χ2v) is 10.7. The predicted octanol–water partition coefficient (Wildman–Crippen LogP) is -0.107. The van der Waals surface area contributed by atoms with Gasteiger partial charge in [0.1, 0.15) is 0 Å². The Labute approximate surface area is 173 Å². The van der Waals surface area contributed by atoms with Crippen molar-refractivity contribution < 1.29 is 46.6 Å². The van der Waals surface area contributed by atoms with Gasteiger partial charge in [0.25, 0.3) is 0 Å². The van der Waals surface area contributed by atoms with Crippen LogP contribution in [0.4, 0.5) is 0 Å². The van der Waals surface area contributed by atoms with Crippen molar-refractivity contribution in [1.82, 2.24) is 9.55 Å². The molecule has 0 aromatic carbocycles. The number of hydrogen-bond acceptors (Lipinski definition) is 10. The summed E-state index contributed by atoms with van der Waals surface area (Å²) in [4.78, 5) is 64.4. The van der Waals surface area contributed by atoms with Crippen LogP contribution >= 0.6 is 23.1 Å². The molecular weight excluding hydrogens is 486 g/mol. The van der Waals surface area contributed by atoms with E-state index in [1.807, 2.05) is 0 Å². The first kappa shape index (κ1) is 25.9. The van der Waals surface area contributed by atoms with E-state index < -0.39 is 59.3 Å². The number of hydrogen-bond donors (Lipinski definition) is 5. The summed E-state index contributed by atoms with van der Waals surface area (Å²) in [5, 5.41) is 3.48. The Morgan fingerprint density at radius 2 is 2.00 bits per heavy atom. The maximum absolute atomic E-state index is 12.0. The normalized spacial score (nSPS) is 25.4. The van der Waals surface area contributed by atoms with Gasteiger partial charge in [-0.15, -0.1) is 0 Å². The number of H-pyrrole nitrogens is 1. The van der Waals surface area contributed by atoms with Gasteiger partial charge in [-0.3, -0.25) is 0 Å². The van der Waals surface area contributed by atoms with E-state index in [9.17, 15) is 28.5 Å². The molecule has 0 saturated carbocycles. The van der Waals surface area contributed by atoms with Gasteiger partial charge in [-0.2, -0.15) is 0 Å². The summed E-state index contributed by atoms with van der Waals surface area (Å²) in [6.07, 6.45) is -0.983. The molecule has 171 valence electrons. The number of phosphoric acid groups is 2. The summed E-state index contributed by atoms with van der Waals surface area (Å²) in [7, 11) is -10.4. The van der Waals surface area contributed by atoms with Gasteiger partial charge in [0.2, 0.25) is 0 Å². The Balaban J connectivity index is 2.14.